The molecule has 2 aromatic carbocycles. The van der Waals surface area contributed by atoms with Gasteiger partial charge in [-0.25, -0.2) is 9.48 Å². The molecule has 0 saturated carbocycles. The van der Waals surface area contributed by atoms with Crippen LogP contribution in [0.3, 0.4) is 0 Å². The van der Waals surface area contributed by atoms with Crippen molar-refractivity contribution in [3.05, 3.63) is 100.0 Å². The Morgan fingerprint density at radius 1 is 1.05 bits per heavy atom. The molecule has 8 heteroatoms. The summed E-state index contributed by atoms with van der Waals surface area (Å²) in [5.74, 6) is 0.506. The van der Waals surface area contributed by atoms with Crippen molar-refractivity contribution in [3.8, 4) is 16.9 Å². The van der Waals surface area contributed by atoms with Gasteiger partial charge in [0.1, 0.15) is 5.82 Å². The van der Waals surface area contributed by atoms with E-state index in [1.54, 1.807) is 24.0 Å². The van der Waals surface area contributed by atoms with Gasteiger partial charge in [-0.3, -0.25) is 10.1 Å². The largest absolute Gasteiger partial charge is 0.391 e. The highest BCUT2D eigenvalue weighted by Gasteiger charge is 2.39. The number of fused-ring (bicyclic) bond motifs is 1. The average molecular weight is 498 g/mol. The number of rotatable bonds is 4. The second-order valence-electron chi connectivity index (χ2n) is 10.3. The molecule has 0 radical (unpaired) electrons. The first-order valence-corrected chi connectivity index (χ1v) is 12.3. The number of nitrogens with zero attached hydrogens (tertiary/aromatic N) is 3. The second-order valence-corrected chi connectivity index (χ2v) is 10.3. The number of anilines is 1. The molecular formula is C29H31N5O3. The highest BCUT2D eigenvalue weighted by atomic mass is 16.3. The van der Waals surface area contributed by atoms with Crippen molar-refractivity contribution in [1.29, 1.82) is 0 Å². The van der Waals surface area contributed by atoms with Crippen LogP contribution in [0.1, 0.15) is 43.0 Å². The minimum atomic E-state index is -0.725. The lowest BCUT2D eigenvalue weighted by Gasteiger charge is -2.40. The van der Waals surface area contributed by atoms with Crippen LogP contribution < -0.4 is 16.2 Å². The number of urea groups is 1. The van der Waals surface area contributed by atoms with Crippen molar-refractivity contribution in [2.45, 2.75) is 44.8 Å². The van der Waals surface area contributed by atoms with Gasteiger partial charge in [-0.15, -0.1) is 0 Å². The van der Waals surface area contributed by atoms with Crippen molar-refractivity contribution in [1.82, 2.24) is 19.7 Å². The molecule has 2 amide bonds. The molecule has 8 nitrogen and oxygen atoms in total. The molecule has 0 fully saturated rings. The smallest absolute Gasteiger partial charge is 0.320 e. The van der Waals surface area contributed by atoms with Crippen LogP contribution in [0.25, 0.3) is 16.9 Å². The first-order chi connectivity index (χ1) is 17.7. The minimum Gasteiger partial charge on any atom is -0.391 e. The van der Waals surface area contributed by atoms with E-state index >= 15 is 0 Å². The van der Waals surface area contributed by atoms with Gasteiger partial charge in [0.15, 0.2) is 0 Å². The Kier molecular flexibility index (Phi) is 6.21. The first kappa shape index (κ1) is 24.5. The SMILES string of the molecule is Cc1c(-c2ccc(=O)n(C)c2)nn(-c2ccccc2)c1NC(=O)NC1c2ccccc2C(C)(C)C[C@H]1O. The first-order valence-electron chi connectivity index (χ1n) is 12.3. The topological polar surface area (TPSA) is 101 Å². The predicted octanol–water partition coefficient (Wildman–Crippen LogP) is 4.45. The number of aliphatic hydroxyl groups excluding tert-OH is 1. The zero-order valence-electron chi connectivity index (χ0n) is 21.4. The van der Waals surface area contributed by atoms with Gasteiger partial charge < -0.3 is 15.0 Å². The van der Waals surface area contributed by atoms with E-state index < -0.39 is 18.2 Å². The van der Waals surface area contributed by atoms with Gasteiger partial charge in [-0.2, -0.15) is 5.10 Å². The van der Waals surface area contributed by atoms with E-state index in [-0.39, 0.29) is 11.0 Å². The monoisotopic (exact) mass is 497 g/mol. The van der Waals surface area contributed by atoms with Gasteiger partial charge in [-0.1, -0.05) is 56.3 Å². The Hall–Kier alpha value is -4.17. The summed E-state index contributed by atoms with van der Waals surface area (Å²) in [6, 6.07) is 19.7. The van der Waals surface area contributed by atoms with Gasteiger partial charge in [0, 0.05) is 30.4 Å². The number of carbonyl (C=O) groups excluding carboxylic acids is 1. The maximum absolute atomic E-state index is 13.4. The lowest BCUT2D eigenvalue weighted by Crippen LogP contribution is -2.45. The van der Waals surface area contributed by atoms with Crippen LogP contribution in [0.2, 0.25) is 0 Å². The number of hydrogen-bond acceptors (Lipinski definition) is 4. The van der Waals surface area contributed by atoms with E-state index in [9.17, 15) is 14.7 Å². The molecule has 1 aliphatic carbocycles. The van der Waals surface area contributed by atoms with Crippen LogP contribution in [0.5, 0.6) is 0 Å². The zero-order chi connectivity index (χ0) is 26.3. The maximum atomic E-state index is 13.4. The molecule has 0 bridgehead atoms. The number of carbonyl (C=O) groups is 1. The Morgan fingerprint density at radius 3 is 2.49 bits per heavy atom. The number of amides is 2. The third kappa shape index (κ3) is 4.56. The lowest BCUT2D eigenvalue weighted by atomic mass is 9.70. The lowest BCUT2D eigenvalue weighted by molar-refractivity contribution is 0.0883. The molecule has 2 aromatic heterocycles. The Bertz CT molecular complexity index is 1520. The third-order valence-electron chi connectivity index (χ3n) is 7.13. The fraction of sp³-hybridized carbons (Fsp3) is 0.276. The molecular weight excluding hydrogens is 466 g/mol. The Balaban J connectivity index is 1.50. The highest BCUT2D eigenvalue weighted by Crippen LogP contribution is 2.41. The number of aryl methyl sites for hydroxylation is 1. The van der Waals surface area contributed by atoms with Crippen molar-refractivity contribution in [2.24, 2.45) is 7.05 Å². The minimum absolute atomic E-state index is 0.115. The van der Waals surface area contributed by atoms with E-state index in [0.717, 1.165) is 27.9 Å². The average Bonchev–Trinajstić information content (AvgIpc) is 3.19. The Labute approximate surface area is 215 Å². The van der Waals surface area contributed by atoms with E-state index in [1.165, 1.54) is 10.6 Å². The second kappa shape index (κ2) is 9.37. The van der Waals surface area contributed by atoms with Gasteiger partial charge in [-0.05, 0) is 48.1 Å². The highest BCUT2D eigenvalue weighted by molar-refractivity contribution is 5.91. The quantitative estimate of drug-likeness (QED) is 0.388. The fourth-order valence-electron chi connectivity index (χ4n) is 5.21. The normalized spacial score (nSPS) is 18.2. The molecule has 5 rings (SSSR count). The fourth-order valence-corrected chi connectivity index (χ4v) is 5.21. The van der Waals surface area contributed by atoms with Crippen LogP contribution in [0.15, 0.2) is 77.7 Å². The van der Waals surface area contributed by atoms with Gasteiger partial charge in [0.25, 0.3) is 0 Å². The summed E-state index contributed by atoms with van der Waals surface area (Å²) in [6.45, 7) is 6.10. The number of aliphatic hydroxyl groups is 1. The maximum Gasteiger partial charge on any atom is 0.320 e. The summed E-state index contributed by atoms with van der Waals surface area (Å²) >= 11 is 0. The molecule has 190 valence electrons. The van der Waals surface area contributed by atoms with Crippen molar-refractivity contribution >= 4 is 11.8 Å². The molecule has 4 aromatic rings. The van der Waals surface area contributed by atoms with Gasteiger partial charge >= 0.3 is 6.03 Å². The van der Waals surface area contributed by atoms with Crippen LogP contribution in [0, 0.1) is 6.92 Å². The molecule has 3 N–H and O–H groups in total. The van der Waals surface area contributed by atoms with E-state index in [1.807, 2.05) is 55.5 Å². The summed E-state index contributed by atoms with van der Waals surface area (Å²) in [6.07, 6.45) is 1.54. The number of benzene rings is 2. The molecule has 37 heavy (non-hydrogen) atoms. The van der Waals surface area contributed by atoms with Crippen molar-refractivity contribution < 1.29 is 9.90 Å². The Morgan fingerprint density at radius 2 is 1.76 bits per heavy atom. The summed E-state index contributed by atoms with van der Waals surface area (Å²) in [4.78, 5) is 25.3. The van der Waals surface area contributed by atoms with E-state index in [2.05, 4.69) is 30.5 Å². The van der Waals surface area contributed by atoms with Crippen molar-refractivity contribution in [3.63, 3.8) is 0 Å². The summed E-state index contributed by atoms with van der Waals surface area (Å²) in [5.41, 5.74) is 4.67. The standard InChI is InChI=1S/C29H31N5O3/c1-18-25(19-14-15-24(36)33(4)17-19)32-34(20-10-6-5-7-11-20)27(18)31-28(37)30-26-21-12-8-9-13-22(21)29(2,3)16-23(26)35/h5-15,17,23,26,35H,16H2,1-4H3,(H2,30,31,37)/t23-,26?/m1/s1. The molecule has 0 spiro atoms. The molecule has 1 aliphatic rings. The van der Waals surface area contributed by atoms with Crippen LogP contribution in [0.4, 0.5) is 10.6 Å². The number of hydrogen-bond donors (Lipinski definition) is 3. The summed E-state index contributed by atoms with van der Waals surface area (Å²) in [7, 11) is 1.69. The zero-order valence-corrected chi connectivity index (χ0v) is 21.4. The van der Waals surface area contributed by atoms with Crippen LogP contribution in [-0.4, -0.2) is 31.6 Å². The predicted molar refractivity (Wildman–Crippen MR) is 144 cm³/mol. The number of pyridine rings is 1. The molecule has 0 saturated heterocycles. The van der Waals surface area contributed by atoms with E-state index in [4.69, 9.17) is 5.10 Å². The number of nitrogens with one attached hydrogen (secondary N) is 2. The molecule has 2 heterocycles. The van der Waals surface area contributed by atoms with Gasteiger partial charge in [0.05, 0.1) is 23.5 Å². The van der Waals surface area contributed by atoms with Crippen LogP contribution in [-0.2, 0) is 12.5 Å². The number of para-hydroxylation sites is 1. The third-order valence-corrected chi connectivity index (χ3v) is 7.13. The molecule has 2 atom stereocenters. The molecule has 1 unspecified atom stereocenters. The summed E-state index contributed by atoms with van der Waals surface area (Å²) in [5, 5.41) is 21.7. The van der Waals surface area contributed by atoms with Gasteiger partial charge in [0.2, 0.25) is 5.56 Å². The number of aromatic nitrogens is 3. The van der Waals surface area contributed by atoms with Crippen LogP contribution >= 0.6 is 0 Å². The van der Waals surface area contributed by atoms with Crippen molar-refractivity contribution in [2.75, 3.05) is 5.32 Å². The van der Waals surface area contributed by atoms with E-state index in [0.29, 0.717) is 17.9 Å². The summed E-state index contributed by atoms with van der Waals surface area (Å²) < 4.78 is 3.18. The molecule has 0 aliphatic heterocycles.